The number of piperidine rings is 1. The summed E-state index contributed by atoms with van der Waals surface area (Å²) in [6, 6.07) is 14.2. The van der Waals surface area contributed by atoms with Crippen molar-refractivity contribution < 1.29 is 18.0 Å². The van der Waals surface area contributed by atoms with Crippen molar-refractivity contribution in [3.63, 3.8) is 0 Å². The molecule has 2 N–H and O–H groups in total. The first-order valence-electron chi connectivity index (χ1n) is 10.6. The van der Waals surface area contributed by atoms with Crippen molar-refractivity contribution in [3.8, 4) is 0 Å². The number of amides is 2. The van der Waals surface area contributed by atoms with Crippen LogP contribution in [0, 0.1) is 5.92 Å². The summed E-state index contributed by atoms with van der Waals surface area (Å²) in [5.41, 5.74) is 0.846. The molecule has 1 atom stereocenters. The van der Waals surface area contributed by atoms with Crippen LogP contribution >= 0.6 is 0 Å². The van der Waals surface area contributed by atoms with E-state index < -0.39 is 22.0 Å². The minimum atomic E-state index is -3.60. The van der Waals surface area contributed by atoms with Gasteiger partial charge in [0, 0.05) is 24.3 Å². The molecule has 1 saturated heterocycles. The molecule has 0 aromatic heterocycles. The average molecular weight is 444 g/mol. The Bertz CT molecular complexity index is 1020. The fourth-order valence-corrected chi connectivity index (χ4v) is 5.12. The molecule has 2 amide bonds. The lowest BCUT2D eigenvalue weighted by Gasteiger charge is -2.26. The van der Waals surface area contributed by atoms with Crippen LogP contribution in [0.4, 0.5) is 5.69 Å². The molecule has 1 fully saturated rings. The van der Waals surface area contributed by atoms with Crippen molar-refractivity contribution in [2.75, 3.05) is 18.4 Å². The summed E-state index contributed by atoms with van der Waals surface area (Å²) in [5.74, 6) is -0.893. The van der Waals surface area contributed by atoms with Gasteiger partial charge < -0.3 is 10.6 Å². The van der Waals surface area contributed by atoms with Crippen LogP contribution in [0.25, 0.3) is 0 Å². The standard InChI is InChI=1S/C23H29N3O4S/c1-17(2)21(25-22(27)18-10-5-3-6-11-18)23(28)24-19-12-9-13-20(16-19)31(29,30)26-14-7-4-8-15-26/h3,5-6,9-13,16-17,21H,4,7-8,14-15H2,1-2H3,(H,24,28)(H,25,27)/t21-/m1/s1. The van der Waals surface area contributed by atoms with Crippen LogP contribution in [0.3, 0.4) is 0 Å². The Balaban J connectivity index is 1.73. The predicted octanol–water partition coefficient (Wildman–Crippen LogP) is 3.25. The van der Waals surface area contributed by atoms with E-state index in [0.29, 0.717) is 24.3 Å². The fourth-order valence-electron chi connectivity index (χ4n) is 3.56. The quantitative estimate of drug-likeness (QED) is 0.687. The number of anilines is 1. The smallest absolute Gasteiger partial charge is 0.251 e. The summed E-state index contributed by atoms with van der Waals surface area (Å²) in [4.78, 5) is 25.6. The van der Waals surface area contributed by atoms with Gasteiger partial charge in [-0.3, -0.25) is 9.59 Å². The number of nitrogens with one attached hydrogen (secondary N) is 2. The third-order valence-corrected chi connectivity index (χ3v) is 7.22. The molecule has 166 valence electrons. The maximum Gasteiger partial charge on any atom is 0.251 e. The lowest BCUT2D eigenvalue weighted by molar-refractivity contribution is -0.118. The van der Waals surface area contributed by atoms with E-state index in [1.165, 1.54) is 16.4 Å². The SMILES string of the molecule is CC(C)[C@@H](NC(=O)c1ccccc1)C(=O)Nc1cccc(S(=O)(=O)N2CCCCC2)c1. The summed E-state index contributed by atoms with van der Waals surface area (Å²) in [7, 11) is -3.60. The topological polar surface area (TPSA) is 95.6 Å². The number of rotatable bonds is 7. The van der Waals surface area contributed by atoms with Crippen LogP contribution in [0.15, 0.2) is 59.5 Å². The second-order valence-electron chi connectivity index (χ2n) is 8.04. The zero-order chi connectivity index (χ0) is 22.4. The molecule has 0 bridgehead atoms. The van der Waals surface area contributed by atoms with Gasteiger partial charge in [0.2, 0.25) is 15.9 Å². The van der Waals surface area contributed by atoms with E-state index >= 15 is 0 Å². The molecule has 31 heavy (non-hydrogen) atoms. The first kappa shape index (κ1) is 23.0. The Morgan fingerprint density at radius 2 is 1.61 bits per heavy atom. The Labute approximate surface area is 183 Å². The normalized spacial score (nSPS) is 16.0. The molecule has 2 aromatic carbocycles. The maximum atomic E-state index is 12.9. The molecule has 0 saturated carbocycles. The van der Waals surface area contributed by atoms with E-state index in [9.17, 15) is 18.0 Å². The number of nitrogens with zero attached hydrogens (tertiary/aromatic N) is 1. The van der Waals surface area contributed by atoms with Gasteiger partial charge >= 0.3 is 0 Å². The molecular weight excluding hydrogens is 414 g/mol. The number of hydrogen-bond acceptors (Lipinski definition) is 4. The Hall–Kier alpha value is -2.71. The number of carbonyl (C=O) groups is 2. The first-order valence-corrected chi connectivity index (χ1v) is 12.0. The number of benzene rings is 2. The van der Waals surface area contributed by atoms with E-state index in [4.69, 9.17) is 0 Å². The van der Waals surface area contributed by atoms with Crippen LogP contribution in [0.2, 0.25) is 0 Å². The summed E-state index contributed by atoms with van der Waals surface area (Å²) in [6.45, 7) is 4.71. The maximum absolute atomic E-state index is 12.9. The molecule has 1 heterocycles. The molecule has 0 spiro atoms. The minimum absolute atomic E-state index is 0.154. The van der Waals surface area contributed by atoms with Crippen molar-refractivity contribution in [1.29, 1.82) is 0 Å². The van der Waals surface area contributed by atoms with E-state index in [0.717, 1.165) is 19.3 Å². The van der Waals surface area contributed by atoms with Crippen molar-refractivity contribution in [1.82, 2.24) is 9.62 Å². The van der Waals surface area contributed by atoms with Gasteiger partial charge in [-0.2, -0.15) is 4.31 Å². The summed E-state index contributed by atoms with van der Waals surface area (Å²) in [5, 5.41) is 5.53. The second-order valence-corrected chi connectivity index (χ2v) is 9.98. The van der Waals surface area contributed by atoms with Crippen LogP contribution in [0.1, 0.15) is 43.5 Å². The van der Waals surface area contributed by atoms with Gasteiger partial charge in [-0.25, -0.2) is 8.42 Å². The average Bonchev–Trinajstić information content (AvgIpc) is 2.78. The molecular formula is C23H29N3O4S. The van der Waals surface area contributed by atoms with Gasteiger partial charge in [0.05, 0.1) is 4.90 Å². The number of carbonyl (C=O) groups excluding carboxylic acids is 2. The molecule has 1 aliphatic rings. The van der Waals surface area contributed by atoms with Crippen molar-refractivity contribution in [3.05, 3.63) is 60.2 Å². The van der Waals surface area contributed by atoms with Gasteiger partial charge in [-0.05, 0) is 49.1 Å². The highest BCUT2D eigenvalue weighted by atomic mass is 32.2. The third kappa shape index (κ3) is 5.71. The van der Waals surface area contributed by atoms with Crippen molar-refractivity contribution in [2.24, 2.45) is 5.92 Å². The minimum Gasteiger partial charge on any atom is -0.340 e. The molecule has 3 rings (SSSR count). The predicted molar refractivity (Wildman–Crippen MR) is 120 cm³/mol. The van der Waals surface area contributed by atoms with Gasteiger partial charge in [0.1, 0.15) is 6.04 Å². The molecule has 2 aromatic rings. The van der Waals surface area contributed by atoms with E-state index in [-0.39, 0.29) is 16.7 Å². The van der Waals surface area contributed by atoms with Gasteiger partial charge in [0.15, 0.2) is 0 Å². The lowest BCUT2D eigenvalue weighted by atomic mass is 10.0. The molecule has 8 heteroatoms. The van der Waals surface area contributed by atoms with Gasteiger partial charge in [-0.1, -0.05) is 44.5 Å². The zero-order valence-electron chi connectivity index (χ0n) is 17.9. The molecule has 0 radical (unpaired) electrons. The van der Waals surface area contributed by atoms with Crippen LogP contribution in [-0.2, 0) is 14.8 Å². The van der Waals surface area contributed by atoms with Crippen molar-refractivity contribution in [2.45, 2.75) is 44.0 Å². The molecule has 0 unspecified atom stereocenters. The van der Waals surface area contributed by atoms with Crippen LogP contribution in [-0.4, -0.2) is 43.7 Å². The lowest BCUT2D eigenvalue weighted by Crippen LogP contribution is -2.47. The van der Waals surface area contributed by atoms with Gasteiger partial charge in [-0.15, -0.1) is 0 Å². The number of sulfonamides is 1. The van der Waals surface area contributed by atoms with Gasteiger partial charge in [0.25, 0.3) is 5.91 Å². The molecule has 1 aliphatic heterocycles. The highest BCUT2D eigenvalue weighted by molar-refractivity contribution is 7.89. The van der Waals surface area contributed by atoms with E-state index in [2.05, 4.69) is 10.6 Å². The largest absolute Gasteiger partial charge is 0.340 e. The monoisotopic (exact) mass is 443 g/mol. The summed E-state index contributed by atoms with van der Waals surface area (Å²) in [6.07, 6.45) is 2.74. The highest BCUT2D eigenvalue weighted by Crippen LogP contribution is 2.23. The summed E-state index contributed by atoms with van der Waals surface area (Å²) < 4.78 is 27.3. The fraction of sp³-hybridized carbons (Fsp3) is 0.391. The Kier molecular flexibility index (Phi) is 7.46. The van der Waals surface area contributed by atoms with Crippen LogP contribution in [0.5, 0.6) is 0 Å². The van der Waals surface area contributed by atoms with E-state index in [1.54, 1.807) is 36.4 Å². The zero-order valence-corrected chi connectivity index (χ0v) is 18.7. The Morgan fingerprint density at radius 3 is 2.26 bits per heavy atom. The van der Waals surface area contributed by atoms with E-state index in [1.807, 2.05) is 19.9 Å². The molecule has 0 aliphatic carbocycles. The van der Waals surface area contributed by atoms with Crippen LogP contribution < -0.4 is 10.6 Å². The number of hydrogen-bond donors (Lipinski definition) is 2. The third-order valence-electron chi connectivity index (χ3n) is 5.33. The highest BCUT2D eigenvalue weighted by Gasteiger charge is 2.27. The Morgan fingerprint density at radius 1 is 0.935 bits per heavy atom. The van der Waals surface area contributed by atoms with Crippen molar-refractivity contribution >= 4 is 27.5 Å². The molecule has 7 nitrogen and oxygen atoms in total. The second kappa shape index (κ2) is 10.1. The first-order chi connectivity index (χ1) is 14.8. The summed E-state index contributed by atoms with van der Waals surface area (Å²) >= 11 is 0.